The van der Waals surface area contributed by atoms with Crippen LogP contribution in [0.4, 0.5) is 5.13 Å². The van der Waals surface area contributed by atoms with Gasteiger partial charge in [0.05, 0.1) is 0 Å². The molecule has 1 aromatic rings. The number of carbonyl (C=O) groups is 1. The van der Waals surface area contributed by atoms with Gasteiger partial charge in [0.1, 0.15) is 0 Å². The molecule has 0 spiro atoms. The van der Waals surface area contributed by atoms with Gasteiger partial charge in [-0.05, 0) is 5.92 Å². The monoisotopic (exact) mass is 214 g/mol. The molecule has 0 aliphatic rings. The maximum Gasteiger partial charge on any atom is 0.282 e. The van der Waals surface area contributed by atoms with Crippen LogP contribution in [-0.2, 0) is 0 Å². The van der Waals surface area contributed by atoms with Gasteiger partial charge in [-0.3, -0.25) is 4.79 Å². The van der Waals surface area contributed by atoms with Gasteiger partial charge < -0.3 is 10.6 Å². The van der Waals surface area contributed by atoms with Crippen molar-refractivity contribution in [2.75, 3.05) is 18.9 Å². The summed E-state index contributed by atoms with van der Waals surface area (Å²) in [4.78, 5) is 11.4. The standard InChI is InChI=1S/C8H14N4OS/c1-5(2)4-10-6(13)7-11-12-8(9-3)14-7/h5H,4H2,1-3H3,(H,9,12)(H,10,13). The molecule has 1 aromatic heterocycles. The summed E-state index contributed by atoms with van der Waals surface area (Å²) in [5.41, 5.74) is 0. The second kappa shape index (κ2) is 4.90. The van der Waals surface area contributed by atoms with Crippen molar-refractivity contribution < 1.29 is 4.79 Å². The molecule has 14 heavy (non-hydrogen) atoms. The highest BCUT2D eigenvalue weighted by Gasteiger charge is 2.11. The number of amides is 1. The molecule has 2 N–H and O–H groups in total. The summed E-state index contributed by atoms with van der Waals surface area (Å²) in [6.07, 6.45) is 0. The van der Waals surface area contributed by atoms with E-state index in [0.717, 1.165) is 0 Å². The molecule has 0 saturated heterocycles. The summed E-state index contributed by atoms with van der Waals surface area (Å²) >= 11 is 1.25. The number of aromatic nitrogens is 2. The predicted molar refractivity (Wildman–Crippen MR) is 56.6 cm³/mol. The van der Waals surface area contributed by atoms with Gasteiger partial charge in [-0.25, -0.2) is 0 Å². The fraction of sp³-hybridized carbons (Fsp3) is 0.625. The maximum absolute atomic E-state index is 11.4. The van der Waals surface area contributed by atoms with E-state index in [2.05, 4.69) is 20.8 Å². The van der Waals surface area contributed by atoms with Gasteiger partial charge >= 0.3 is 0 Å². The lowest BCUT2D eigenvalue weighted by atomic mass is 10.2. The minimum Gasteiger partial charge on any atom is -0.363 e. The van der Waals surface area contributed by atoms with E-state index in [1.54, 1.807) is 7.05 Å². The van der Waals surface area contributed by atoms with E-state index in [1.165, 1.54) is 11.3 Å². The number of nitrogens with one attached hydrogen (secondary N) is 2. The molecule has 0 radical (unpaired) electrons. The number of anilines is 1. The van der Waals surface area contributed by atoms with Gasteiger partial charge in [-0.15, -0.1) is 10.2 Å². The summed E-state index contributed by atoms with van der Waals surface area (Å²) in [5.74, 6) is 0.286. The molecule has 0 atom stereocenters. The van der Waals surface area contributed by atoms with Crippen molar-refractivity contribution >= 4 is 22.4 Å². The van der Waals surface area contributed by atoms with E-state index in [4.69, 9.17) is 0 Å². The normalized spacial score (nSPS) is 10.3. The van der Waals surface area contributed by atoms with Crippen molar-refractivity contribution in [2.45, 2.75) is 13.8 Å². The molecule has 0 fully saturated rings. The molecule has 78 valence electrons. The zero-order valence-electron chi connectivity index (χ0n) is 8.50. The number of carbonyl (C=O) groups excluding carboxylic acids is 1. The lowest BCUT2D eigenvalue weighted by Gasteiger charge is -2.04. The average Bonchev–Trinajstić information content (AvgIpc) is 2.62. The summed E-state index contributed by atoms with van der Waals surface area (Å²) in [6.45, 7) is 4.74. The third kappa shape index (κ3) is 2.95. The molecule has 1 heterocycles. The van der Waals surface area contributed by atoms with Crippen molar-refractivity contribution in [3.63, 3.8) is 0 Å². The second-order valence-corrected chi connectivity index (χ2v) is 4.24. The first kappa shape index (κ1) is 10.9. The lowest BCUT2D eigenvalue weighted by Crippen LogP contribution is -2.27. The number of nitrogens with zero attached hydrogens (tertiary/aromatic N) is 2. The van der Waals surface area contributed by atoms with E-state index in [-0.39, 0.29) is 5.91 Å². The Morgan fingerprint density at radius 3 is 2.71 bits per heavy atom. The van der Waals surface area contributed by atoms with Crippen molar-refractivity contribution in [1.29, 1.82) is 0 Å². The van der Waals surface area contributed by atoms with Crippen LogP contribution >= 0.6 is 11.3 Å². The highest BCUT2D eigenvalue weighted by molar-refractivity contribution is 7.17. The van der Waals surface area contributed by atoms with Crippen LogP contribution in [-0.4, -0.2) is 29.7 Å². The Morgan fingerprint density at radius 2 is 2.21 bits per heavy atom. The van der Waals surface area contributed by atoms with E-state index in [9.17, 15) is 4.79 Å². The fourth-order valence-electron chi connectivity index (χ4n) is 0.788. The van der Waals surface area contributed by atoms with Crippen LogP contribution in [0.15, 0.2) is 0 Å². The van der Waals surface area contributed by atoms with Crippen LogP contribution in [0.2, 0.25) is 0 Å². The topological polar surface area (TPSA) is 66.9 Å². The molecule has 0 bridgehead atoms. The van der Waals surface area contributed by atoms with E-state index in [1.807, 2.05) is 13.8 Å². The Labute approximate surface area is 86.9 Å². The largest absolute Gasteiger partial charge is 0.363 e. The molecule has 5 nitrogen and oxygen atoms in total. The Balaban J connectivity index is 2.52. The molecule has 0 saturated carbocycles. The van der Waals surface area contributed by atoms with Gasteiger partial charge in [-0.2, -0.15) is 0 Å². The van der Waals surface area contributed by atoms with Crippen molar-refractivity contribution in [2.24, 2.45) is 5.92 Å². The Morgan fingerprint density at radius 1 is 1.50 bits per heavy atom. The molecular formula is C8H14N4OS. The van der Waals surface area contributed by atoms with Crippen molar-refractivity contribution in [3.8, 4) is 0 Å². The van der Waals surface area contributed by atoms with Crippen molar-refractivity contribution in [1.82, 2.24) is 15.5 Å². The van der Waals surface area contributed by atoms with Crippen LogP contribution in [0, 0.1) is 5.92 Å². The van der Waals surface area contributed by atoms with E-state index >= 15 is 0 Å². The van der Waals surface area contributed by atoms with Gasteiger partial charge in [0.2, 0.25) is 10.1 Å². The zero-order valence-corrected chi connectivity index (χ0v) is 9.31. The van der Waals surface area contributed by atoms with Crippen LogP contribution in [0.3, 0.4) is 0 Å². The highest BCUT2D eigenvalue weighted by Crippen LogP contribution is 2.13. The van der Waals surface area contributed by atoms with Crippen molar-refractivity contribution in [3.05, 3.63) is 5.01 Å². The minimum atomic E-state index is -0.155. The lowest BCUT2D eigenvalue weighted by molar-refractivity contribution is 0.0948. The van der Waals surface area contributed by atoms with Crippen LogP contribution in [0.5, 0.6) is 0 Å². The third-order valence-corrected chi connectivity index (χ3v) is 2.44. The smallest absolute Gasteiger partial charge is 0.282 e. The molecule has 6 heteroatoms. The molecule has 1 rings (SSSR count). The molecule has 1 amide bonds. The maximum atomic E-state index is 11.4. The first-order valence-electron chi connectivity index (χ1n) is 4.43. The number of rotatable bonds is 4. The first-order chi connectivity index (χ1) is 6.63. The second-order valence-electron chi connectivity index (χ2n) is 3.27. The number of hydrogen-bond acceptors (Lipinski definition) is 5. The Hall–Kier alpha value is -1.17. The summed E-state index contributed by atoms with van der Waals surface area (Å²) in [6, 6.07) is 0. The third-order valence-electron chi connectivity index (χ3n) is 1.50. The van der Waals surface area contributed by atoms with E-state index in [0.29, 0.717) is 22.6 Å². The molecule has 0 aliphatic carbocycles. The number of hydrogen-bond donors (Lipinski definition) is 2. The van der Waals surface area contributed by atoms with Crippen LogP contribution < -0.4 is 10.6 Å². The molecular weight excluding hydrogens is 200 g/mol. The van der Waals surface area contributed by atoms with Gasteiger partial charge in [0.25, 0.3) is 5.91 Å². The van der Waals surface area contributed by atoms with Gasteiger partial charge in [-0.1, -0.05) is 25.2 Å². The highest BCUT2D eigenvalue weighted by atomic mass is 32.1. The zero-order chi connectivity index (χ0) is 10.6. The van der Waals surface area contributed by atoms with Gasteiger partial charge in [0, 0.05) is 13.6 Å². The SMILES string of the molecule is CNc1nnc(C(=O)NCC(C)C)s1. The van der Waals surface area contributed by atoms with E-state index < -0.39 is 0 Å². The molecule has 0 unspecified atom stereocenters. The van der Waals surface area contributed by atoms with Crippen LogP contribution in [0.1, 0.15) is 23.6 Å². The summed E-state index contributed by atoms with van der Waals surface area (Å²) < 4.78 is 0. The fourth-order valence-corrected chi connectivity index (χ4v) is 1.40. The molecule has 0 aliphatic heterocycles. The Bertz CT molecular complexity index is 310. The Kier molecular flexibility index (Phi) is 3.82. The van der Waals surface area contributed by atoms with Crippen LogP contribution in [0.25, 0.3) is 0 Å². The average molecular weight is 214 g/mol. The minimum absolute atomic E-state index is 0.155. The molecule has 0 aromatic carbocycles. The first-order valence-corrected chi connectivity index (χ1v) is 5.24. The quantitative estimate of drug-likeness (QED) is 0.783. The predicted octanol–water partition coefficient (Wildman–Crippen LogP) is 0.966. The van der Waals surface area contributed by atoms with Gasteiger partial charge in [0.15, 0.2) is 0 Å². The summed E-state index contributed by atoms with van der Waals surface area (Å²) in [7, 11) is 1.75. The summed E-state index contributed by atoms with van der Waals surface area (Å²) in [5, 5.41) is 14.2.